The van der Waals surface area contributed by atoms with Gasteiger partial charge in [0.1, 0.15) is 5.82 Å². The Labute approximate surface area is 185 Å². The zero-order valence-corrected chi connectivity index (χ0v) is 18.0. The maximum absolute atomic E-state index is 14.9. The lowest BCUT2D eigenvalue weighted by Crippen LogP contribution is -2.30. The molecular weight excluding hydrogens is 423 g/mol. The minimum atomic E-state index is -4.99. The van der Waals surface area contributed by atoms with Crippen molar-refractivity contribution in [2.45, 2.75) is 57.7 Å². The topological polar surface area (TPSA) is 9.23 Å². The molecule has 0 N–H and O–H groups in total. The highest BCUT2D eigenvalue weighted by Crippen LogP contribution is 2.48. The quantitative estimate of drug-likeness (QED) is 0.336. The third-order valence-electron chi connectivity index (χ3n) is 7.05. The zero-order chi connectivity index (χ0) is 22.9. The molecule has 172 valence electrons. The normalized spacial score (nSPS) is 26.2. The molecule has 0 amide bonds. The lowest BCUT2D eigenvalue weighted by Gasteiger charge is -2.41. The van der Waals surface area contributed by atoms with Crippen molar-refractivity contribution in [2.75, 3.05) is 0 Å². The maximum atomic E-state index is 14.9. The molecule has 0 heterocycles. The first-order valence-corrected chi connectivity index (χ1v) is 11.2. The lowest BCUT2D eigenvalue weighted by atomic mass is 9.64. The van der Waals surface area contributed by atoms with Gasteiger partial charge < -0.3 is 4.74 Å². The van der Waals surface area contributed by atoms with E-state index in [1.165, 1.54) is 31.4 Å². The van der Waals surface area contributed by atoms with E-state index in [0.29, 0.717) is 17.8 Å². The summed E-state index contributed by atoms with van der Waals surface area (Å²) in [6.07, 6.45) is 6.39. The van der Waals surface area contributed by atoms with Crippen molar-refractivity contribution >= 4 is 0 Å². The van der Waals surface area contributed by atoms with Crippen molar-refractivity contribution in [2.24, 2.45) is 17.8 Å². The fourth-order valence-corrected chi connectivity index (χ4v) is 5.57. The van der Waals surface area contributed by atoms with Gasteiger partial charge in [0.2, 0.25) is 0 Å². The summed E-state index contributed by atoms with van der Waals surface area (Å²) in [7, 11) is 0. The molecule has 2 aliphatic carbocycles. The minimum Gasteiger partial charge on any atom is -0.403 e. The van der Waals surface area contributed by atoms with Crippen molar-refractivity contribution in [3.8, 4) is 16.9 Å². The van der Waals surface area contributed by atoms with Crippen LogP contribution >= 0.6 is 0 Å². The molecule has 2 aliphatic rings. The summed E-state index contributed by atoms with van der Waals surface area (Å²) in [5.74, 6) is -0.209. The number of hydrogen-bond acceptors (Lipinski definition) is 1. The number of hydrogen-bond donors (Lipinski definition) is 0. The molecule has 0 bridgehead atoms. The number of benzene rings is 2. The first-order chi connectivity index (χ1) is 15.2. The number of fused-ring (bicyclic) bond motifs is 1. The summed E-state index contributed by atoms with van der Waals surface area (Å²) in [5, 5.41) is 0. The van der Waals surface area contributed by atoms with E-state index in [2.05, 4.69) is 23.8 Å². The first kappa shape index (κ1) is 22.8. The molecule has 0 spiro atoms. The number of alkyl halides is 3. The molecule has 2 fully saturated rings. The van der Waals surface area contributed by atoms with Gasteiger partial charge in [-0.05, 0) is 98.4 Å². The average Bonchev–Trinajstić information content (AvgIpc) is 2.74. The highest BCUT2D eigenvalue weighted by Gasteiger charge is 2.35. The van der Waals surface area contributed by atoms with E-state index in [-0.39, 0.29) is 11.1 Å². The summed E-state index contributed by atoms with van der Waals surface area (Å²) in [4.78, 5) is 0. The highest BCUT2D eigenvalue weighted by atomic mass is 19.4. The van der Waals surface area contributed by atoms with Gasteiger partial charge >= 0.3 is 6.36 Å². The van der Waals surface area contributed by atoms with Gasteiger partial charge in [0.05, 0.1) is 0 Å². The molecular formula is C26H27F5O. The van der Waals surface area contributed by atoms with E-state index in [1.807, 2.05) is 6.07 Å². The van der Waals surface area contributed by atoms with Crippen LogP contribution < -0.4 is 4.74 Å². The van der Waals surface area contributed by atoms with Crippen LogP contribution in [0.3, 0.4) is 0 Å². The summed E-state index contributed by atoms with van der Waals surface area (Å²) in [5.41, 5.74) is 1.27. The molecule has 0 aliphatic heterocycles. The number of allylic oxidation sites excluding steroid dienone is 2. The fraction of sp³-hybridized carbons (Fsp3) is 0.462. The molecule has 1 nitrogen and oxygen atoms in total. The Balaban J connectivity index is 1.47. The van der Waals surface area contributed by atoms with Crippen molar-refractivity contribution in [3.05, 3.63) is 65.7 Å². The molecule has 4 atom stereocenters. The minimum absolute atomic E-state index is 0.159. The van der Waals surface area contributed by atoms with Gasteiger partial charge in [0, 0.05) is 5.56 Å². The molecule has 0 radical (unpaired) electrons. The number of ether oxygens (including phenoxy) is 1. The van der Waals surface area contributed by atoms with Crippen molar-refractivity contribution < 1.29 is 26.7 Å². The summed E-state index contributed by atoms with van der Waals surface area (Å²) in [6.45, 7) is 2.07. The van der Waals surface area contributed by atoms with Gasteiger partial charge in [-0.2, -0.15) is 0 Å². The monoisotopic (exact) mass is 450 g/mol. The molecule has 6 heteroatoms. The third kappa shape index (κ3) is 5.16. The average molecular weight is 450 g/mol. The van der Waals surface area contributed by atoms with Crippen LogP contribution in [0.1, 0.15) is 56.9 Å². The van der Waals surface area contributed by atoms with Crippen LogP contribution in [-0.2, 0) is 0 Å². The van der Waals surface area contributed by atoms with E-state index in [1.54, 1.807) is 6.07 Å². The smallest absolute Gasteiger partial charge is 0.403 e. The molecule has 2 saturated carbocycles. The summed E-state index contributed by atoms with van der Waals surface area (Å²) < 4.78 is 69.6. The molecule has 32 heavy (non-hydrogen) atoms. The van der Waals surface area contributed by atoms with Crippen LogP contribution in [0.2, 0.25) is 0 Å². The second-order valence-corrected chi connectivity index (χ2v) is 9.06. The first-order valence-electron chi connectivity index (χ1n) is 11.2. The Morgan fingerprint density at radius 3 is 2.31 bits per heavy atom. The van der Waals surface area contributed by atoms with E-state index >= 15 is 0 Å². The number of halogens is 5. The van der Waals surface area contributed by atoms with Gasteiger partial charge in [-0.3, -0.25) is 0 Å². The molecule has 0 aromatic heterocycles. The Morgan fingerprint density at radius 1 is 0.875 bits per heavy atom. The Morgan fingerprint density at radius 2 is 1.62 bits per heavy atom. The Kier molecular flexibility index (Phi) is 6.59. The standard InChI is InChI=1S/C26H27F5O/c1-2-3-16-4-5-18-13-19(7-6-17(18)12-16)20-8-10-22(23(27)14-20)21-9-11-25(24(28)15-21)32-26(29,30)31/h2-3,8-11,14-19H,4-7,12-13H2,1H3/b3-2+. The molecule has 2 aromatic rings. The summed E-state index contributed by atoms with van der Waals surface area (Å²) >= 11 is 0. The maximum Gasteiger partial charge on any atom is 0.573 e. The highest BCUT2D eigenvalue weighted by molar-refractivity contribution is 5.65. The van der Waals surface area contributed by atoms with E-state index in [0.717, 1.165) is 42.9 Å². The second kappa shape index (κ2) is 9.24. The third-order valence-corrected chi connectivity index (χ3v) is 7.05. The summed E-state index contributed by atoms with van der Waals surface area (Å²) in [6, 6.07) is 7.94. The largest absolute Gasteiger partial charge is 0.573 e. The van der Waals surface area contributed by atoms with E-state index in [4.69, 9.17) is 0 Å². The predicted molar refractivity (Wildman–Crippen MR) is 114 cm³/mol. The van der Waals surface area contributed by atoms with Crippen LogP contribution in [0.25, 0.3) is 11.1 Å². The molecule has 4 rings (SSSR count). The molecule has 4 unspecified atom stereocenters. The van der Waals surface area contributed by atoms with Crippen LogP contribution in [0.4, 0.5) is 22.0 Å². The zero-order valence-electron chi connectivity index (χ0n) is 18.0. The van der Waals surface area contributed by atoms with Crippen LogP contribution in [0, 0.1) is 29.4 Å². The van der Waals surface area contributed by atoms with Gasteiger partial charge in [-0.1, -0.05) is 30.4 Å². The predicted octanol–water partition coefficient (Wildman–Crippen LogP) is 8.41. The van der Waals surface area contributed by atoms with E-state index in [9.17, 15) is 22.0 Å². The SMILES string of the molecule is C/C=C/C1CCC2CC(c3ccc(-c4ccc(OC(F)(F)F)c(F)c4)c(F)c3)CCC2C1. The fourth-order valence-electron chi connectivity index (χ4n) is 5.57. The van der Waals surface area contributed by atoms with E-state index < -0.39 is 23.7 Å². The Bertz CT molecular complexity index is 981. The van der Waals surface area contributed by atoms with Crippen molar-refractivity contribution in [1.29, 1.82) is 0 Å². The second-order valence-electron chi connectivity index (χ2n) is 9.06. The van der Waals surface area contributed by atoms with Gasteiger partial charge in [-0.25, -0.2) is 8.78 Å². The van der Waals surface area contributed by atoms with Crippen LogP contribution in [0.5, 0.6) is 5.75 Å². The van der Waals surface area contributed by atoms with Gasteiger partial charge in [0.25, 0.3) is 0 Å². The lowest BCUT2D eigenvalue weighted by molar-refractivity contribution is -0.275. The number of rotatable bonds is 4. The molecule has 0 saturated heterocycles. The van der Waals surface area contributed by atoms with Crippen LogP contribution in [0.15, 0.2) is 48.6 Å². The van der Waals surface area contributed by atoms with Crippen LogP contribution in [-0.4, -0.2) is 6.36 Å². The van der Waals surface area contributed by atoms with Gasteiger partial charge in [-0.15, -0.1) is 13.2 Å². The van der Waals surface area contributed by atoms with Crippen molar-refractivity contribution in [1.82, 2.24) is 0 Å². The Hall–Kier alpha value is -2.37. The van der Waals surface area contributed by atoms with Crippen molar-refractivity contribution in [3.63, 3.8) is 0 Å². The molecule has 2 aromatic carbocycles. The van der Waals surface area contributed by atoms with Gasteiger partial charge in [0.15, 0.2) is 11.6 Å².